The first-order valence-electron chi connectivity index (χ1n) is 13.0. The predicted molar refractivity (Wildman–Crippen MR) is 154 cm³/mol. The van der Waals surface area contributed by atoms with Crippen LogP contribution in [0.1, 0.15) is 69.3 Å². The summed E-state index contributed by atoms with van der Waals surface area (Å²) < 4.78 is 0. The van der Waals surface area contributed by atoms with Gasteiger partial charge in [-0.1, -0.05) is 66.7 Å². The summed E-state index contributed by atoms with van der Waals surface area (Å²) in [4.78, 5) is 48.6. The maximum absolute atomic E-state index is 13.2. The number of aliphatic carboxylic acids is 1. The predicted octanol–water partition coefficient (Wildman–Crippen LogP) is 5.19. The minimum absolute atomic E-state index is 0.102. The van der Waals surface area contributed by atoms with Crippen LogP contribution in [-0.4, -0.2) is 29.2 Å². The van der Waals surface area contributed by atoms with Crippen LogP contribution in [0.4, 0.5) is 5.69 Å². The zero-order valence-corrected chi connectivity index (χ0v) is 22.1. The number of hydrogen-bond acceptors (Lipinski definition) is 5. The Balaban J connectivity index is 1.45. The molecule has 2 amide bonds. The number of benzene rings is 4. The lowest BCUT2D eigenvalue weighted by Gasteiger charge is -2.17. The highest BCUT2D eigenvalue weighted by Crippen LogP contribution is 2.27. The summed E-state index contributed by atoms with van der Waals surface area (Å²) in [6, 6.07) is 25.3. The van der Waals surface area contributed by atoms with Crippen molar-refractivity contribution < 1.29 is 24.3 Å². The first kappa shape index (κ1) is 28.2. The lowest BCUT2D eigenvalue weighted by molar-refractivity contribution is -0.137. The van der Waals surface area contributed by atoms with Crippen LogP contribution < -0.4 is 16.4 Å². The molecule has 0 aliphatic heterocycles. The molecule has 2 unspecified atom stereocenters. The second-order valence-electron chi connectivity index (χ2n) is 9.64. The summed E-state index contributed by atoms with van der Waals surface area (Å²) in [6.07, 6.45) is 1.10. The van der Waals surface area contributed by atoms with Gasteiger partial charge in [0.05, 0.1) is 11.6 Å². The summed E-state index contributed by atoms with van der Waals surface area (Å²) in [5.41, 5.74) is 9.44. The normalized spacial score (nSPS) is 12.3. The van der Waals surface area contributed by atoms with E-state index in [2.05, 4.69) is 10.6 Å². The number of amides is 2. The van der Waals surface area contributed by atoms with E-state index in [-0.39, 0.29) is 29.1 Å². The van der Waals surface area contributed by atoms with Gasteiger partial charge in [0.25, 0.3) is 5.91 Å². The van der Waals surface area contributed by atoms with E-state index in [0.717, 1.165) is 21.9 Å². The minimum Gasteiger partial charge on any atom is -0.481 e. The van der Waals surface area contributed by atoms with E-state index in [9.17, 15) is 19.2 Å². The van der Waals surface area contributed by atoms with Crippen LogP contribution in [0.25, 0.3) is 10.8 Å². The molecule has 0 heterocycles. The molecule has 0 aromatic heterocycles. The smallest absolute Gasteiger partial charge is 0.303 e. The maximum atomic E-state index is 13.2. The Morgan fingerprint density at radius 1 is 0.950 bits per heavy atom. The molecule has 5 N–H and O–H groups in total. The van der Waals surface area contributed by atoms with Crippen LogP contribution in [0.2, 0.25) is 0 Å². The number of carbonyl (C=O) groups is 4. The minimum atomic E-state index is -0.829. The van der Waals surface area contributed by atoms with Crippen molar-refractivity contribution in [3.63, 3.8) is 0 Å². The number of carboxylic acid groups (broad SMARTS) is 1. The molecule has 204 valence electrons. The third-order valence-corrected chi connectivity index (χ3v) is 6.86. The van der Waals surface area contributed by atoms with E-state index in [1.807, 2.05) is 54.6 Å². The van der Waals surface area contributed by atoms with Crippen molar-refractivity contribution in [2.24, 2.45) is 5.73 Å². The van der Waals surface area contributed by atoms with Crippen LogP contribution in [-0.2, 0) is 16.0 Å². The standard InChI is InChI=1S/C32H31N3O5/c1-20(26-10-5-8-22-7-2-3-9-27(22)26)31(39)34-28-18-24(16-17-25(28)19-36)32(40)35-30(33)23-14-12-21(13-15-23)6-4-11-29(37)38/h2-3,5,7-10,12-20,30H,4,6,11,33H2,1H3,(H,34,39)(H,35,40)(H,37,38). The Bertz CT molecular complexity index is 1540. The number of fused-ring (bicyclic) bond motifs is 1. The molecule has 0 radical (unpaired) electrons. The number of rotatable bonds is 11. The number of carboxylic acids is 1. The van der Waals surface area contributed by atoms with Crippen molar-refractivity contribution >= 4 is 40.5 Å². The van der Waals surface area contributed by atoms with E-state index >= 15 is 0 Å². The zero-order valence-electron chi connectivity index (χ0n) is 22.1. The summed E-state index contributed by atoms with van der Waals surface area (Å²) in [7, 11) is 0. The molecule has 0 fully saturated rings. The number of anilines is 1. The molecule has 2 atom stereocenters. The largest absolute Gasteiger partial charge is 0.481 e. The van der Waals surface area contributed by atoms with Gasteiger partial charge in [-0.2, -0.15) is 0 Å². The van der Waals surface area contributed by atoms with Crippen molar-refractivity contribution in [1.82, 2.24) is 5.32 Å². The number of aryl methyl sites for hydroxylation is 1. The molecular weight excluding hydrogens is 506 g/mol. The third-order valence-electron chi connectivity index (χ3n) is 6.86. The van der Waals surface area contributed by atoms with Gasteiger partial charge >= 0.3 is 5.97 Å². The van der Waals surface area contributed by atoms with Crippen molar-refractivity contribution in [3.05, 3.63) is 113 Å². The van der Waals surface area contributed by atoms with E-state index in [1.165, 1.54) is 18.2 Å². The molecule has 0 saturated heterocycles. The molecule has 0 bridgehead atoms. The fraction of sp³-hybridized carbons (Fsp3) is 0.188. The molecule has 4 rings (SSSR count). The van der Waals surface area contributed by atoms with Crippen molar-refractivity contribution in [2.75, 3.05) is 5.32 Å². The van der Waals surface area contributed by atoms with Gasteiger partial charge in [0.2, 0.25) is 5.91 Å². The third kappa shape index (κ3) is 6.78. The Morgan fingerprint density at radius 3 is 2.40 bits per heavy atom. The van der Waals surface area contributed by atoms with E-state index in [1.54, 1.807) is 19.1 Å². The monoisotopic (exact) mass is 537 g/mol. The summed E-state index contributed by atoms with van der Waals surface area (Å²) in [5, 5.41) is 16.3. The van der Waals surface area contributed by atoms with E-state index < -0.39 is 24.0 Å². The Kier molecular flexibility index (Phi) is 9.04. The fourth-order valence-electron chi connectivity index (χ4n) is 4.56. The molecule has 40 heavy (non-hydrogen) atoms. The second kappa shape index (κ2) is 12.8. The van der Waals surface area contributed by atoms with Crippen molar-refractivity contribution in [3.8, 4) is 0 Å². The molecule has 0 aliphatic rings. The van der Waals surface area contributed by atoms with Crippen molar-refractivity contribution in [1.29, 1.82) is 0 Å². The zero-order chi connectivity index (χ0) is 28.6. The lowest BCUT2D eigenvalue weighted by atomic mass is 9.94. The Hall–Kier alpha value is -4.82. The fourth-order valence-corrected chi connectivity index (χ4v) is 4.56. The first-order chi connectivity index (χ1) is 19.3. The average Bonchev–Trinajstić information content (AvgIpc) is 2.96. The summed E-state index contributed by atoms with van der Waals surface area (Å²) in [6.45, 7) is 1.80. The number of nitrogens with one attached hydrogen (secondary N) is 2. The van der Waals surface area contributed by atoms with E-state index in [4.69, 9.17) is 10.8 Å². The van der Waals surface area contributed by atoms with Crippen molar-refractivity contribution in [2.45, 2.75) is 38.3 Å². The molecular formula is C32H31N3O5. The highest BCUT2D eigenvalue weighted by atomic mass is 16.4. The van der Waals surface area contributed by atoms with Gasteiger partial charge in [0.1, 0.15) is 6.17 Å². The van der Waals surface area contributed by atoms with Gasteiger partial charge in [-0.3, -0.25) is 19.2 Å². The van der Waals surface area contributed by atoms with Crippen LogP contribution >= 0.6 is 0 Å². The second-order valence-corrected chi connectivity index (χ2v) is 9.64. The number of aldehydes is 1. The molecule has 0 spiro atoms. The van der Waals surface area contributed by atoms with Gasteiger partial charge in [0.15, 0.2) is 6.29 Å². The Morgan fingerprint density at radius 2 is 1.68 bits per heavy atom. The first-order valence-corrected chi connectivity index (χ1v) is 13.0. The maximum Gasteiger partial charge on any atom is 0.303 e. The Labute approximate surface area is 232 Å². The molecule has 4 aromatic carbocycles. The van der Waals surface area contributed by atoms with Crippen LogP contribution in [0.3, 0.4) is 0 Å². The van der Waals surface area contributed by atoms with Gasteiger partial charge in [0, 0.05) is 17.5 Å². The topological polar surface area (TPSA) is 139 Å². The highest BCUT2D eigenvalue weighted by molar-refractivity contribution is 6.04. The SMILES string of the molecule is CC(C(=O)Nc1cc(C(=O)NC(N)c2ccc(CCCC(=O)O)cc2)ccc1C=O)c1cccc2ccccc12. The van der Waals surface area contributed by atoms with Gasteiger partial charge in [-0.05, 0) is 65.4 Å². The lowest BCUT2D eigenvalue weighted by Crippen LogP contribution is -2.34. The quantitative estimate of drug-likeness (QED) is 0.153. The van der Waals surface area contributed by atoms with Crippen LogP contribution in [0.15, 0.2) is 84.9 Å². The molecule has 4 aromatic rings. The van der Waals surface area contributed by atoms with Gasteiger partial charge in [-0.15, -0.1) is 0 Å². The van der Waals surface area contributed by atoms with Crippen LogP contribution in [0.5, 0.6) is 0 Å². The average molecular weight is 538 g/mol. The number of nitrogens with two attached hydrogens (primary N) is 1. The van der Waals surface area contributed by atoms with Gasteiger partial charge in [-0.25, -0.2) is 0 Å². The summed E-state index contributed by atoms with van der Waals surface area (Å²) in [5.74, 6) is -2.11. The highest BCUT2D eigenvalue weighted by Gasteiger charge is 2.20. The summed E-state index contributed by atoms with van der Waals surface area (Å²) >= 11 is 0. The van der Waals surface area contributed by atoms with Gasteiger partial charge < -0.3 is 21.5 Å². The molecule has 0 aliphatic carbocycles. The molecule has 8 heteroatoms. The number of hydrogen-bond donors (Lipinski definition) is 4. The molecule has 0 saturated carbocycles. The number of carbonyl (C=O) groups excluding carboxylic acids is 3. The molecule has 8 nitrogen and oxygen atoms in total. The van der Waals surface area contributed by atoms with E-state index in [0.29, 0.717) is 24.7 Å². The van der Waals surface area contributed by atoms with Crippen LogP contribution in [0, 0.1) is 0 Å².